The van der Waals surface area contributed by atoms with Crippen molar-refractivity contribution in [3.8, 4) is 0 Å². The number of carbonyl (C=O) groups is 5. The van der Waals surface area contributed by atoms with Crippen LogP contribution in [0.3, 0.4) is 0 Å². The molecule has 0 fully saturated rings. The van der Waals surface area contributed by atoms with Gasteiger partial charge in [-0.15, -0.1) is 0 Å². The first-order valence-corrected chi connectivity index (χ1v) is 10.9. The van der Waals surface area contributed by atoms with Gasteiger partial charge in [-0.2, -0.15) is 0 Å². The number of primary amides is 1. The smallest absolute Gasteiger partial charge is 0.407 e. The lowest BCUT2D eigenvalue weighted by atomic mass is 10.1. The van der Waals surface area contributed by atoms with E-state index in [0.29, 0.717) is 12.8 Å². The molecule has 1 aliphatic heterocycles. The van der Waals surface area contributed by atoms with Gasteiger partial charge in [-0.1, -0.05) is 42.5 Å². The molecular formula is C24H26N4O6. The molecule has 1 unspecified atom stereocenters. The lowest BCUT2D eigenvalue weighted by Gasteiger charge is -2.25. The third-order valence-electron chi connectivity index (χ3n) is 5.26. The zero-order valence-electron chi connectivity index (χ0n) is 18.5. The van der Waals surface area contributed by atoms with E-state index in [9.17, 15) is 24.0 Å². The van der Waals surface area contributed by atoms with Crippen molar-refractivity contribution >= 4 is 29.7 Å². The van der Waals surface area contributed by atoms with Crippen LogP contribution in [0.2, 0.25) is 0 Å². The predicted molar refractivity (Wildman–Crippen MR) is 121 cm³/mol. The number of amides is 5. The summed E-state index contributed by atoms with van der Waals surface area (Å²) in [4.78, 5) is 62.2. The van der Waals surface area contributed by atoms with E-state index >= 15 is 0 Å². The number of carbonyl (C=O) groups excluding carboxylic acids is 5. The SMILES string of the molecule is NC(=O)CNC(=O)C(CCCCNC(=O)OCc1ccccc1)N1C(=O)c2ccccc2C1=O. The fourth-order valence-corrected chi connectivity index (χ4v) is 3.59. The van der Waals surface area contributed by atoms with Crippen molar-refractivity contribution in [2.24, 2.45) is 5.73 Å². The van der Waals surface area contributed by atoms with Crippen LogP contribution in [-0.4, -0.2) is 53.8 Å². The number of benzene rings is 2. The van der Waals surface area contributed by atoms with E-state index in [1.165, 1.54) is 12.1 Å². The Morgan fingerprint density at radius 1 is 0.882 bits per heavy atom. The summed E-state index contributed by atoms with van der Waals surface area (Å²) in [6.45, 7) is 0.0210. The first-order valence-electron chi connectivity index (χ1n) is 10.9. The number of hydrogen-bond donors (Lipinski definition) is 3. The lowest BCUT2D eigenvalue weighted by Crippen LogP contribution is -2.51. The zero-order chi connectivity index (χ0) is 24.5. The molecule has 0 bridgehead atoms. The molecule has 178 valence electrons. The second-order valence-corrected chi connectivity index (χ2v) is 7.71. The molecule has 0 aromatic heterocycles. The van der Waals surface area contributed by atoms with Crippen molar-refractivity contribution in [1.82, 2.24) is 15.5 Å². The van der Waals surface area contributed by atoms with Crippen molar-refractivity contribution in [3.05, 3.63) is 71.3 Å². The first kappa shape index (κ1) is 24.4. The Morgan fingerprint density at radius 2 is 1.50 bits per heavy atom. The minimum atomic E-state index is -1.11. The average molecular weight is 466 g/mol. The van der Waals surface area contributed by atoms with Crippen molar-refractivity contribution in [3.63, 3.8) is 0 Å². The predicted octanol–water partition coefficient (Wildman–Crippen LogP) is 1.35. The highest BCUT2D eigenvalue weighted by atomic mass is 16.5. The standard InChI is InChI=1S/C24H26N4O6/c25-20(29)14-27-21(30)19(28-22(31)17-10-4-5-11-18(17)23(28)32)12-6-7-13-26-24(33)34-15-16-8-2-1-3-9-16/h1-5,8-11,19H,6-7,12-15H2,(H2,25,29)(H,26,33)(H,27,30). The maximum absolute atomic E-state index is 12.8. The maximum Gasteiger partial charge on any atom is 0.407 e. The molecule has 0 saturated carbocycles. The topological polar surface area (TPSA) is 148 Å². The number of fused-ring (bicyclic) bond motifs is 1. The van der Waals surface area contributed by atoms with E-state index in [1.54, 1.807) is 12.1 Å². The van der Waals surface area contributed by atoms with Crippen LogP contribution in [0, 0.1) is 0 Å². The number of hydrogen-bond acceptors (Lipinski definition) is 6. The van der Waals surface area contributed by atoms with Crippen LogP contribution in [0.4, 0.5) is 4.79 Å². The minimum Gasteiger partial charge on any atom is -0.445 e. The summed E-state index contributed by atoms with van der Waals surface area (Å²) in [6, 6.07) is 14.5. The first-order chi connectivity index (χ1) is 16.4. The molecule has 5 amide bonds. The van der Waals surface area contributed by atoms with E-state index in [0.717, 1.165) is 10.5 Å². The van der Waals surface area contributed by atoms with Gasteiger partial charge in [-0.25, -0.2) is 4.79 Å². The highest BCUT2D eigenvalue weighted by Crippen LogP contribution is 2.26. The van der Waals surface area contributed by atoms with E-state index < -0.39 is 42.3 Å². The molecule has 0 radical (unpaired) electrons. The molecule has 10 nitrogen and oxygen atoms in total. The minimum absolute atomic E-state index is 0.147. The second-order valence-electron chi connectivity index (χ2n) is 7.71. The largest absolute Gasteiger partial charge is 0.445 e. The van der Waals surface area contributed by atoms with Crippen LogP contribution in [-0.2, 0) is 20.9 Å². The Bertz CT molecular complexity index is 1040. The van der Waals surface area contributed by atoms with Gasteiger partial charge in [0.2, 0.25) is 11.8 Å². The molecule has 1 aliphatic rings. The van der Waals surface area contributed by atoms with Gasteiger partial charge < -0.3 is 21.1 Å². The second kappa shape index (κ2) is 11.6. The Balaban J connectivity index is 1.53. The Morgan fingerprint density at radius 3 is 2.12 bits per heavy atom. The maximum atomic E-state index is 12.8. The van der Waals surface area contributed by atoms with Gasteiger partial charge in [0, 0.05) is 6.54 Å². The van der Waals surface area contributed by atoms with Crippen LogP contribution < -0.4 is 16.4 Å². The van der Waals surface area contributed by atoms with E-state index in [-0.39, 0.29) is 30.7 Å². The molecule has 0 saturated heterocycles. The molecule has 2 aromatic carbocycles. The third kappa shape index (κ3) is 6.18. The van der Waals surface area contributed by atoms with Crippen LogP contribution in [0.5, 0.6) is 0 Å². The number of nitrogens with one attached hydrogen (secondary N) is 2. The molecule has 2 aromatic rings. The number of ether oxygens (including phenoxy) is 1. The van der Waals surface area contributed by atoms with Gasteiger partial charge in [-0.3, -0.25) is 24.1 Å². The van der Waals surface area contributed by atoms with Crippen LogP contribution in [0.25, 0.3) is 0 Å². The number of nitrogens with zero attached hydrogens (tertiary/aromatic N) is 1. The van der Waals surface area contributed by atoms with Crippen molar-refractivity contribution in [2.75, 3.05) is 13.1 Å². The molecular weight excluding hydrogens is 440 g/mol. The number of nitrogens with two attached hydrogens (primary N) is 1. The van der Waals surface area contributed by atoms with Crippen molar-refractivity contribution in [1.29, 1.82) is 0 Å². The number of rotatable bonds is 11. The quantitative estimate of drug-likeness (QED) is 0.336. The molecule has 10 heteroatoms. The summed E-state index contributed by atoms with van der Waals surface area (Å²) < 4.78 is 5.14. The Labute approximate surface area is 196 Å². The molecule has 3 rings (SSSR count). The van der Waals surface area contributed by atoms with Crippen molar-refractivity contribution < 1.29 is 28.7 Å². The molecule has 0 spiro atoms. The van der Waals surface area contributed by atoms with Gasteiger partial charge in [-0.05, 0) is 37.0 Å². The lowest BCUT2D eigenvalue weighted by molar-refractivity contribution is -0.127. The summed E-state index contributed by atoms with van der Waals surface area (Å²) in [5.41, 5.74) is 6.41. The van der Waals surface area contributed by atoms with Gasteiger partial charge >= 0.3 is 6.09 Å². The van der Waals surface area contributed by atoms with Crippen LogP contribution in [0.15, 0.2) is 54.6 Å². The summed E-state index contributed by atoms with van der Waals surface area (Å²) in [5, 5.41) is 5.00. The Kier molecular flexibility index (Phi) is 8.33. The fraction of sp³-hybridized carbons (Fsp3) is 0.292. The monoisotopic (exact) mass is 466 g/mol. The Hall–Kier alpha value is -4.21. The van der Waals surface area contributed by atoms with Gasteiger partial charge in [0.1, 0.15) is 12.6 Å². The molecule has 1 heterocycles. The third-order valence-corrected chi connectivity index (χ3v) is 5.26. The average Bonchev–Trinajstić information content (AvgIpc) is 3.09. The highest BCUT2D eigenvalue weighted by Gasteiger charge is 2.42. The van der Waals surface area contributed by atoms with E-state index in [2.05, 4.69) is 10.6 Å². The molecule has 1 atom stereocenters. The molecule has 4 N–H and O–H groups in total. The van der Waals surface area contributed by atoms with Crippen LogP contribution in [0.1, 0.15) is 45.5 Å². The summed E-state index contributed by atoms with van der Waals surface area (Å²) in [7, 11) is 0. The number of alkyl carbamates (subject to hydrolysis) is 1. The van der Waals surface area contributed by atoms with Crippen molar-refractivity contribution in [2.45, 2.75) is 31.9 Å². The molecule has 34 heavy (non-hydrogen) atoms. The number of unbranched alkanes of at least 4 members (excludes halogenated alkanes) is 1. The van der Waals surface area contributed by atoms with E-state index in [1.807, 2.05) is 30.3 Å². The summed E-state index contributed by atoms with van der Waals surface area (Å²) >= 11 is 0. The highest BCUT2D eigenvalue weighted by molar-refractivity contribution is 6.22. The normalized spacial score (nSPS) is 13.2. The van der Waals surface area contributed by atoms with Gasteiger partial charge in [0.25, 0.3) is 11.8 Å². The van der Waals surface area contributed by atoms with Gasteiger partial charge in [0.15, 0.2) is 0 Å². The molecule has 0 aliphatic carbocycles. The van der Waals surface area contributed by atoms with Gasteiger partial charge in [0.05, 0.1) is 17.7 Å². The fourth-order valence-electron chi connectivity index (χ4n) is 3.59. The zero-order valence-corrected chi connectivity index (χ0v) is 18.5. The summed E-state index contributed by atoms with van der Waals surface area (Å²) in [5.74, 6) is -2.53. The van der Waals surface area contributed by atoms with Crippen LogP contribution >= 0.6 is 0 Å². The summed E-state index contributed by atoms with van der Waals surface area (Å²) in [6.07, 6.45) is 0.473. The number of imide groups is 1. The van der Waals surface area contributed by atoms with E-state index in [4.69, 9.17) is 10.5 Å².